The number of hydrogen-bond acceptors (Lipinski definition) is 2. The highest BCUT2D eigenvalue weighted by Gasteiger charge is 2.09. The van der Waals surface area contributed by atoms with Gasteiger partial charge in [-0.05, 0) is 43.3 Å². The fraction of sp³-hybridized carbons (Fsp3) is 0.176. The normalized spacial score (nSPS) is 11.0. The summed E-state index contributed by atoms with van der Waals surface area (Å²) < 4.78 is 7.92. The number of phenolic OH excluding ortho intramolecular Hbond substituents is 1. The van der Waals surface area contributed by atoms with Crippen molar-refractivity contribution < 1.29 is 9.84 Å². The number of aromatic nitrogens is 1. The molecule has 108 valence electrons. The number of ether oxygens (including phenoxy) is 1. The third kappa shape index (κ3) is 2.83. The summed E-state index contributed by atoms with van der Waals surface area (Å²) in [5.74, 6) is 1.07. The van der Waals surface area contributed by atoms with Crippen LogP contribution in [-0.2, 0) is 13.2 Å². The van der Waals surface area contributed by atoms with E-state index < -0.39 is 0 Å². The molecule has 0 aliphatic carbocycles. The maximum atomic E-state index is 9.64. The Hall–Kier alpha value is -2.13. The van der Waals surface area contributed by atoms with Gasteiger partial charge in [0.15, 0.2) is 0 Å². The van der Waals surface area contributed by atoms with E-state index in [1.54, 1.807) is 12.1 Å². The summed E-state index contributed by atoms with van der Waals surface area (Å²) in [5, 5.41) is 11.4. The molecule has 3 rings (SSSR count). The molecule has 4 heteroatoms. The summed E-state index contributed by atoms with van der Waals surface area (Å²) in [7, 11) is 0. The van der Waals surface area contributed by atoms with Crippen molar-refractivity contribution in [3.05, 3.63) is 59.2 Å². The molecule has 0 fully saturated rings. The lowest BCUT2D eigenvalue weighted by Gasteiger charge is -2.05. The van der Waals surface area contributed by atoms with Gasteiger partial charge in [0.1, 0.15) is 18.1 Å². The monoisotopic (exact) mass is 301 g/mol. The summed E-state index contributed by atoms with van der Waals surface area (Å²) >= 11 is 5.86. The first-order valence-electron chi connectivity index (χ1n) is 6.86. The second-order valence-corrected chi connectivity index (χ2v) is 5.32. The highest BCUT2D eigenvalue weighted by Crippen LogP contribution is 2.26. The van der Waals surface area contributed by atoms with Crippen molar-refractivity contribution in [1.82, 2.24) is 4.57 Å². The Morgan fingerprint density at radius 2 is 1.90 bits per heavy atom. The van der Waals surface area contributed by atoms with Crippen molar-refractivity contribution in [2.24, 2.45) is 0 Å². The molecule has 1 aromatic heterocycles. The van der Waals surface area contributed by atoms with Gasteiger partial charge in [0, 0.05) is 34.8 Å². The molecule has 0 unspecified atom stereocenters. The van der Waals surface area contributed by atoms with Gasteiger partial charge in [0.25, 0.3) is 0 Å². The van der Waals surface area contributed by atoms with Gasteiger partial charge in [0.05, 0.1) is 5.52 Å². The van der Waals surface area contributed by atoms with Gasteiger partial charge in [-0.1, -0.05) is 11.6 Å². The molecule has 3 aromatic rings. The van der Waals surface area contributed by atoms with Crippen molar-refractivity contribution in [3.63, 3.8) is 0 Å². The lowest BCUT2D eigenvalue weighted by molar-refractivity contribution is 0.307. The molecular formula is C17H16ClNO2. The van der Waals surface area contributed by atoms with Crippen LogP contribution in [0.1, 0.15) is 12.5 Å². The molecule has 0 radical (unpaired) electrons. The Morgan fingerprint density at radius 3 is 2.62 bits per heavy atom. The number of aromatic hydroxyl groups is 1. The summed E-state index contributed by atoms with van der Waals surface area (Å²) in [4.78, 5) is 0. The van der Waals surface area contributed by atoms with Gasteiger partial charge in [0.2, 0.25) is 0 Å². The number of phenols is 1. The number of hydrogen-bond donors (Lipinski definition) is 1. The number of halogens is 1. The van der Waals surface area contributed by atoms with Crippen LogP contribution in [0.4, 0.5) is 0 Å². The first-order valence-corrected chi connectivity index (χ1v) is 7.24. The molecule has 21 heavy (non-hydrogen) atoms. The number of nitrogens with zero attached hydrogens (tertiary/aromatic N) is 1. The molecule has 0 amide bonds. The first kappa shape index (κ1) is 13.8. The highest BCUT2D eigenvalue weighted by molar-refractivity contribution is 6.30. The first-order chi connectivity index (χ1) is 10.2. The lowest BCUT2D eigenvalue weighted by Crippen LogP contribution is -1.94. The van der Waals surface area contributed by atoms with Crippen molar-refractivity contribution in [1.29, 1.82) is 0 Å². The third-order valence-electron chi connectivity index (χ3n) is 3.50. The van der Waals surface area contributed by atoms with Crippen LogP contribution in [0.5, 0.6) is 11.5 Å². The van der Waals surface area contributed by atoms with Gasteiger partial charge in [-0.15, -0.1) is 0 Å². The average molecular weight is 302 g/mol. The molecule has 0 saturated heterocycles. The molecule has 0 bridgehead atoms. The maximum absolute atomic E-state index is 9.64. The molecular weight excluding hydrogens is 286 g/mol. The fourth-order valence-corrected chi connectivity index (χ4v) is 2.55. The van der Waals surface area contributed by atoms with Gasteiger partial charge in [-0.3, -0.25) is 0 Å². The van der Waals surface area contributed by atoms with E-state index in [4.69, 9.17) is 16.3 Å². The minimum Gasteiger partial charge on any atom is -0.508 e. The zero-order valence-electron chi connectivity index (χ0n) is 11.7. The van der Waals surface area contributed by atoms with E-state index in [0.717, 1.165) is 28.8 Å². The van der Waals surface area contributed by atoms with E-state index in [2.05, 4.69) is 17.7 Å². The average Bonchev–Trinajstić information content (AvgIpc) is 2.84. The smallest absolute Gasteiger partial charge is 0.119 e. The van der Waals surface area contributed by atoms with Crippen LogP contribution in [-0.4, -0.2) is 9.67 Å². The van der Waals surface area contributed by atoms with Crippen LogP contribution in [0.2, 0.25) is 5.02 Å². The van der Waals surface area contributed by atoms with Gasteiger partial charge in [-0.2, -0.15) is 0 Å². The number of benzene rings is 2. The second kappa shape index (κ2) is 5.70. The predicted molar refractivity (Wildman–Crippen MR) is 85.1 cm³/mol. The van der Waals surface area contributed by atoms with E-state index in [0.29, 0.717) is 11.6 Å². The summed E-state index contributed by atoms with van der Waals surface area (Å²) in [6.07, 6.45) is 2.07. The molecule has 0 aliphatic heterocycles. The van der Waals surface area contributed by atoms with Crippen LogP contribution in [0.25, 0.3) is 10.9 Å². The van der Waals surface area contributed by atoms with E-state index >= 15 is 0 Å². The molecule has 0 spiro atoms. The Bertz CT molecular complexity index is 762. The minimum absolute atomic E-state index is 0.278. The van der Waals surface area contributed by atoms with E-state index in [-0.39, 0.29) is 5.75 Å². The van der Waals surface area contributed by atoms with Crippen molar-refractivity contribution in [2.45, 2.75) is 20.1 Å². The Kier molecular flexibility index (Phi) is 3.76. The molecule has 0 aliphatic rings. The summed E-state index contributed by atoms with van der Waals surface area (Å²) in [6, 6.07) is 12.7. The molecule has 1 N–H and O–H groups in total. The van der Waals surface area contributed by atoms with Crippen LogP contribution in [0.15, 0.2) is 48.7 Å². The van der Waals surface area contributed by atoms with Gasteiger partial charge < -0.3 is 14.4 Å². The third-order valence-corrected chi connectivity index (χ3v) is 3.75. The molecule has 1 heterocycles. The SMILES string of the molecule is CCn1cc(COc2ccc(Cl)cc2)c2ccc(O)cc21. The molecule has 0 atom stereocenters. The zero-order valence-corrected chi connectivity index (χ0v) is 12.5. The predicted octanol–water partition coefficient (Wildman–Crippen LogP) is 4.60. The topological polar surface area (TPSA) is 34.4 Å². The molecule has 2 aromatic carbocycles. The van der Waals surface area contributed by atoms with Crippen molar-refractivity contribution >= 4 is 22.5 Å². The fourth-order valence-electron chi connectivity index (χ4n) is 2.42. The highest BCUT2D eigenvalue weighted by atomic mass is 35.5. The van der Waals surface area contributed by atoms with E-state index in [1.165, 1.54) is 0 Å². The molecule has 0 saturated carbocycles. The number of aryl methyl sites for hydroxylation is 1. The van der Waals surface area contributed by atoms with Crippen molar-refractivity contribution in [2.75, 3.05) is 0 Å². The lowest BCUT2D eigenvalue weighted by atomic mass is 10.2. The molecule has 3 nitrogen and oxygen atoms in total. The quantitative estimate of drug-likeness (QED) is 0.764. The second-order valence-electron chi connectivity index (χ2n) is 4.88. The van der Waals surface area contributed by atoms with Crippen molar-refractivity contribution in [3.8, 4) is 11.5 Å². The van der Waals surface area contributed by atoms with Gasteiger partial charge >= 0.3 is 0 Å². The summed E-state index contributed by atoms with van der Waals surface area (Å²) in [5.41, 5.74) is 2.12. The minimum atomic E-state index is 0.278. The van der Waals surface area contributed by atoms with Crippen LogP contribution >= 0.6 is 11.6 Å². The summed E-state index contributed by atoms with van der Waals surface area (Å²) in [6.45, 7) is 3.41. The van der Waals surface area contributed by atoms with E-state index in [9.17, 15) is 5.11 Å². The largest absolute Gasteiger partial charge is 0.508 e. The Labute approximate surface area is 128 Å². The zero-order chi connectivity index (χ0) is 14.8. The Balaban J connectivity index is 1.88. The van der Waals surface area contributed by atoms with Gasteiger partial charge in [-0.25, -0.2) is 0 Å². The number of fused-ring (bicyclic) bond motifs is 1. The standard InChI is InChI=1S/C17H16ClNO2/c1-2-19-10-12(16-8-5-14(20)9-17(16)19)11-21-15-6-3-13(18)4-7-15/h3-10,20H,2,11H2,1H3. The number of rotatable bonds is 4. The van der Waals surface area contributed by atoms with Crippen LogP contribution in [0.3, 0.4) is 0 Å². The van der Waals surface area contributed by atoms with E-state index in [1.807, 2.05) is 30.3 Å². The maximum Gasteiger partial charge on any atom is 0.119 e. The van der Waals surface area contributed by atoms with Crippen LogP contribution < -0.4 is 4.74 Å². The van der Waals surface area contributed by atoms with Crippen LogP contribution in [0, 0.1) is 0 Å². The Morgan fingerprint density at radius 1 is 1.14 bits per heavy atom.